The van der Waals surface area contributed by atoms with Crippen LogP contribution in [0.1, 0.15) is 12.8 Å². The van der Waals surface area contributed by atoms with Gasteiger partial charge in [0.2, 0.25) is 10.0 Å². The first kappa shape index (κ1) is 13.7. The quantitative estimate of drug-likeness (QED) is 0.905. The standard InChI is InChI=1S/C11H16ClN3O2S/c1-13-10-3-2-4-15(8-10)18(16,17)11-5-9(12)6-14-7-11/h5-7,10,13H,2-4,8H2,1H3. The first-order valence-electron chi connectivity index (χ1n) is 5.82. The third kappa shape index (κ3) is 2.83. The molecule has 2 rings (SSSR count). The van der Waals surface area contributed by atoms with Crippen molar-refractivity contribution in [3.63, 3.8) is 0 Å². The molecule has 1 aliphatic heterocycles. The molecule has 5 nitrogen and oxygen atoms in total. The van der Waals surface area contributed by atoms with Crippen molar-refractivity contribution in [2.45, 2.75) is 23.8 Å². The van der Waals surface area contributed by atoms with Crippen molar-refractivity contribution in [1.82, 2.24) is 14.6 Å². The second-order valence-electron chi connectivity index (χ2n) is 4.33. The van der Waals surface area contributed by atoms with Gasteiger partial charge in [-0.15, -0.1) is 0 Å². The molecule has 1 saturated heterocycles. The summed E-state index contributed by atoms with van der Waals surface area (Å²) in [6.45, 7) is 1.04. The number of halogens is 1. The first-order valence-corrected chi connectivity index (χ1v) is 7.64. The van der Waals surface area contributed by atoms with E-state index in [9.17, 15) is 8.42 Å². The molecule has 1 fully saturated rings. The Kier molecular flexibility index (Phi) is 4.21. The van der Waals surface area contributed by atoms with Crippen LogP contribution in [0.15, 0.2) is 23.4 Å². The zero-order valence-electron chi connectivity index (χ0n) is 10.1. The van der Waals surface area contributed by atoms with Gasteiger partial charge in [-0.3, -0.25) is 4.98 Å². The number of likely N-dealkylation sites (N-methyl/N-ethyl adjacent to an activating group) is 1. The first-order chi connectivity index (χ1) is 8.54. The third-order valence-electron chi connectivity index (χ3n) is 3.11. The zero-order chi connectivity index (χ0) is 13.2. The summed E-state index contributed by atoms with van der Waals surface area (Å²) in [6.07, 6.45) is 4.62. The minimum atomic E-state index is -3.48. The fraction of sp³-hybridized carbons (Fsp3) is 0.545. The van der Waals surface area contributed by atoms with Gasteiger partial charge in [0, 0.05) is 31.5 Å². The maximum Gasteiger partial charge on any atom is 0.244 e. The second kappa shape index (κ2) is 5.52. The lowest BCUT2D eigenvalue weighted by molar-refractivity contribution is 0.293. The number of nitrogens with zero attached hydrogens (tertiary/aromatic N) is 2. The highest BCUT2D eigenvalue weighted by Gasteiger charge is 2.29. The average Bonchev–Trinajstić information content (AvgIpc) is 2.39. The molecule has 0 bridgehead atoms. The van der Waals surface area contributed by atoms with Crippen LogP contribution in [0.3, 0.4) is 0 Å². The van der Waals surface area contributed by atoms with E-state index in [1.165, 1.54) is 22.8 Å². The summed E-state index contributed by atoms with van der Waals surface area (Å²) in [5.74, 6) is 0. The Morgan fingerprint density at radius 1 is 1.50 bits per heavy atom. The Balaban J connectivity index is 2.25. The van der Waals surface area contributed by atoms with Gasteiger partial charge in [-0.2, -0.15) is 4.31 Å². The fourth-order valence-electron chi connectivity index (χ4n) is 2.08. The van der Waals surface area contributed by atoms with Crippen molar-refractivity contribution in [1.29, 1.82) is 0 Å². The number of nitrogens with one attached hydrogen (secondary N) is 1. The maximum absolute atomic E-state index is 12.4. The van der Waals surface area contributed by atoms with Gasteiger partial charge in [0.05, 0.1) is 5.02 Å². The number of sulfonamides is 1. The predicted octanol–water partition coefficient (Wildman–Crippen LogP) is 1.11. The third-order valence-corrected chi connectivity index (χ3v) is 5.15. The van der Waals surface area contributed by atoms with E-state index in [0.29, 0.717) is 18.1 Å². The molecule has 1 aromatic heterocycles. The molecule has 0 radical (unpaired) electrons. The summed E-state index contributed by atoms with van der Waals surface area (Å²) in [6, 6.07) is 1.65. The Bertz CT molecular complexity index is 521. The summed E-state index contributed by atoms with van der Waals surface area (Å²) in [4.78, 5) is 3.99. The molecule has 1 aromatic rings. The van der Waals surface area contributed by atoms with Crippen LogP contribution < -0.4 is 5.32 Å². The lowest BCUT2D eigenvalue weighted by Crippen LogP contribution is -2.46. The maximum atomic E-state index is 12.4. The van der Waals surface area contributed by atoms with Crippen molar-refractivity contribution >= 4 is 21.6 Å². The average molecular weight is 290 g/mol. The molecule has 100 valence electrons. The van der Waals surface area contributed by atoms with Gasteiger partial charge < -0.3 is 5.32 Å². The van der Waals surface area contributed by atoms with E-state index in [-0.39, 0.29) is 10.9 Å². The minimum absolute atomic E-state index is 0.159. The summed E-state index contributed by atoms with van der Waals surface area (Å²) < 4.78 is 26.3. The largest absolute Gasteiger partial charge is 0.316 e. The number of hydrogen-bond acceptors (Lipinski definition) is 4. The summed E-state index contributed by atoms with van der Waals surface area (Å²) >= 11 is 5.79. The van der Waals surface area contributed by atoms with Gasteiger partial charge in [-0.05, 0) is 26.0 Å². The van der Waals surface area contributed by atoms with Crippen molar-refractivity contribution in [2.75, 3.05) is 20.1 Å². The van der Waals surface area contributed by atoms with Crippen LogP contribution in [-0.4, -0.2) is 43.9 Å². The highest BCUT2D eigenvalue weighted by atomic mass is 35.5. The van der Waals surface area contributed by atoms with Gasteiger partial charge in [0.1, 0.15) is 4.90 Å². The van der Waals surface area contributed by atoms with Crippen LogP contribution in [-0.2, 0) is 10.0 Å². The van der Waals surface area contributed by atoms with Crippen molar-refractivity contribution in [3.05, 3.63) is 23.5 Å². The smallest absolute Gasteiger partial charge is 0.244 e. The second-order valence-corrected chi connectivity index (χ2v) is 6.70. The van der Waals surface area contributed by atoms with Crippen LogP contribution in [0.2, 0.25) is 5.02 Å². The fourth-order valence-corrected chi connectivity index (χ4v) is 3.83. The highest BCUT2D eigenvalue weighted by molar-refractivity contribution is 7.89. The van der Waals surface area contributed by atoms with E-state index in [0.717, 1.165) is 12.8 Å². The highest BCUT2D eigenvalue weighted by Crippen LogP contribution is 2.21. The molecule has 2 heterocycles. The topological polar surface area (TPSA) is 62.3 Å². The molecular formula is C11H16ClN3O2S. The number of rotatable bonds is 3. The molecule has 0 aromatic carbocycles. The lowest BCUT2D eigenvalue weighted by atomic mass is 10.1. The molecule has 18 heavy (non-hydrogen) atoms. The van der Waals surface area contributed by atoms with Gasteiger partial charge in [0.15, 0.2) is 0 Å². The lowest BCUT2D eigenvalue weighted by Gasteiger charge is -2.31. The van der Waals surface area contributed by atoms with Crippen LogP contribution in [0.25, 0.3) is 0 Å². The Morgan fingerprint density at radius 3 is 2.94 bits per heavy atom. The van der Waals surface area contributed by atoms with E-state index >= 15 is 0 Å². The van der Waals surface area contributed by atoms with E-state index in [4.69, 9.17) is 11.6 Å². The van der Waals surface area contributed by atoms with Crippen molar-refractivity contribution < 1.29 is 8.42 Å². The molecular weight excluding hydrogens is 274 g/mol. The molecule has 1 N–H and O–H groups in total. The predicted molar refractivity (Wildman–Crippen MR) is 70.1 cm³/mol. The number of hydrogen-bond donors (Lipinski definition) is 1. The van der Waals surface area contributed by atoms with Crippen molar-refractivity contribution in [3.8, 4) is 0 Å². The van der Waals surface area contributed by atoms with Crippen LogP contribution >= 0.6 is 11.6 Å². The van der Waals surface area contributed by atoms with E-state index < -0.39 is 10.0 Å². The van der Waals surface area contributed by atoms with Gasteiger partial charge in [-0.25, -0.2) is 8.42 Å². The molecule has 1 unspecified atom stereocenters. The van der Waals surface area contributed by atoms with Crippen molar-refractivity contribution in [2.24, 2.45) is 0 Å². The normalized spacial score (nSPS) is 22.0. The zero-order valence-corrected chi connectivity index (χ0v) is 11.7. The molecule has 0 spiro atoms. The Labute approximate surface area is 112 Å². The van der Waals surface area contributed by atoms with Crippen LogP contribution in [0.4, 0.5) is 0 Å². The summed E-state index contributed by atoms with van der Waals surface area (Å²) in [5, 5.41) is 3.45. The monoisotopic (exact) mass is 289 g/mol. The molecule has 7 heteroatoms. The molecule has 1 aliphatic rings. The molecule has 0 amide bonds. The Morgan fingerprint density at radius 2 is 2.28 bits per heavy atom. The summed E-state index contributed by atoms with van der Waals surface area (Å²) in [5.41, 5.74) is 0. The van der Waals surface area contributed by atoms with Gasteiger partial charge in [0.25, 0.3) is 0 Å². The molecule has 1 atom stereocenters. The molecule has 0 saturated carbocycles. The Hall–Kier alpha value is -0.690. The van der Waals surface area contributed by atoms with E-state index in [1.54, 1.807) is 0 Å². The number of aromatic nitrogens is 1. The van der Waals surface area contributed by atoms with Gasteiger partial charge in [-0.1, -0.05) is 11.6 Å². The number of piperidine rings is 1. The summed E-state index contributed by atoms with van der Waals surface area (Å²) in [7, 11) is -1.63. The van der Waals surface area contributed by atoms with Crippen LogP contribution in [0.5, 0.6) is 0 Å². The number of pyridine rings is 1. The van der Waals surface area contributed by atoms with Gasteiger partial charge >= 0.3 is 0 Å². The minimum Gasteiger partial charge on any atom is -0.316 e. The van der Waals surface area contributed by atoms with E-state index in [2.05, 4.69) is 10.3 Å². The van der Waals surface area contributed by atoms with Crippen LogP contribution in [0, 0.1) is 0 Å². The molecule has 0 aliphatic carbocycles. The SMILES string of the molecule is CNC1CCCN(S(=O)(=O)c2cncc(Cl)c2)C1. The van der Waals surface area contributed by atoms with E-state index in [1.807, 2.05) is 7.05 Å².